The molecule has 1 aliphatic carbocycles. The second-order valence-corrected chi connectivity index (χ2v) is 17.5. The summed E-state index contributed by atoms with van der Waals surface area (Å²) in [5, 5.41) is 3.59. The summed E-state index contributed by atoms with van der Waals surface area (Å²) in [5.74, 6) is 0. The summed E-state index contributed by atoms with van der Waals surface area (Å²) in [6, 6.07) is 81.7. The number of hydrogen-bond donors (Lipinski definition) is 0. The minimum absolute atomic E-state index is 0.235. The van der Waals surface area contributed by atoms with Crippen molar-refractivity contribution in [2.45, 2.75) is 19.3 Å². The largest absolute Gasteiger partial charge is 0.310 e. The van der Waals surface area contributed by atoms with Crippen LogP contribution in [0.1, 0.15) is 25.0 Å². The highest BCUT2D eigenvalue weighted by molar-refractivity contribution is 7.17. The number of benzene rings is 9. The summed E-state index contributed by atoms with van der Waals surface area (Å²) >= 11 is 1.81. The van der Waals surface area contributed by atoms with E-state index in [1.807, 2.05) is 0 Å². The summed E-state index contributed by atoms with van der Waals surface area (Å²) in [6.07, 6.45) is 0. The Kier molecular flexibility index (Phi) is 9.40. The first-order valence-electron chi connectivity index (χ1n) is 21.3. The van der Waals surface area contributed by atoms with Gasteiger partial charge in [-0.25, -0.2) is 0 Å². The van der Waals surface area contributed by atoms with Crippen LogP contribution in [-0.4, -0.2) is 0 Å². The molecule has 9 aromatic carbocycles. The molecule has 2 nitrogen and oxygen atoms in total. The van der Waals surface area contributed by atoms with Crippen molar-refractivity contribution in [3.63, 3.8) is 0 Å². The van der Waals surface area contributed by atoms with Crippen molar-refractivity contribution >= 4 is 55.5 Å². The monoisotopic (exact) mass is 812 g/mol. The van der Waals surface area contributed by atoms with E-state index >= 15 is 0 Å². The summed E-state index contributed by atoms with van der Waals surface area (Å²) in [6.45, 7) is 4.76. The van der Waals surface area contributed by atoms with Gasteiger partial charge in [0.25, 0.3) is 0 Å². The van der Waals surface area contributed by atoms with E-state index in [1.54, 1.807) is 11.3 Å². The predicted molar refractivity (Wildman–Crippen MR) is 265 cm³/mol. The zero-order valence-corrected chi connectivity index (χ0v) is 35.6. The van der Waals surface area contributed by atoms with Crippen molar-refractivity contribution in [3.8, 4) is 44.5 Å². The van der Waals surface area contributed by atoms with Gasteiger partial charge in [0.05, 0.1) is 0 Å². The van der Waals surface area contributed by atoms with Crippen LogP contribution >= 0.6 is 11.3 Å². The van der Waals surface area contributed by atoms with Crippen molar-refractivity contribution in [2.75, 3.05) is 9.80 Å². The second-order valence-electron chi connectivity index (χ2n) is 16.6. The quantitative estimate of drug-likeness (QED) is 0.143. The van der Waals surface area contributed by atoms with Crippen LogP contribution in [0.3, 0.4) is 0 Å². The number of anilines is 6. The molecule has 1 heterocycles. The van der Waals surface area contributed by atoms with Crippen molar-refractivity contribution in [3.05, 3.63) is 241 Å². The van der Waals surface area contributed by atoms with Crippen LogP contribution in [0.5, 0.6) is 0 Å². The summed E-state index contributed by atoms with van der Waals surface area (Å²) < 4.78 is 1.31. The Hall–Kier alpha value is -7.46. The zero-order valence-electron chi connectivity index (χ0n) is 34.7. The van der Waals surface area contributed by atoms with E-state index in [9.17, 15) is 0 Å². The van der Waals surface area contributed by atoms with Gasteiger partial charge in [-0.2, -0.15) is 0 Å². The third kappa shape index (κ3) is 6.68. The molecule has 11 rings (SSSR count). The molecule has 0 unspecified atom stereocenters. The first kappa shape index (κ1) is 37.5. The maximum atomic E-state index is 2.42. The third-order valence-electron chi connectivity index (χ3n) is 12.6. The Balaban J connectivity index is 0.929. The van der Waals surface area contributed by atoms with Gasteiger partial charge >= 0.3 is 0 Å². The number of fused-ring (bicyclic) bond motifs is 4. The topological polar surface area (TPSA) is 6.48 Å². The standard InChI is InChI=1S/C59H44N2S/c1-59(2)56-38-50(60(46-16-8-4-9-17-46)48-30-26-44(27-31-48)43-24-22-42(23-25-43)41-14-6-3-7-15-41)34-36-52(56)53-37-35-51(39-57(53)59)61(47-18-10-5-11-19-47)49-32-28-45(29-33-49)55-40-62-58-21-13-12-20-54(55)58/h3-40H,1-2H3. The highest BCUT2D eigenvalue weighted by Crippen LogP contribution is 2.52. The molecule has 10 aromatic rings. The van der Waals surface area contributed by atoms with Crippen molar-refractivity contribution < 1.29 is 0 Å². The Labute approximate surface area is 368 Å². The van der Waals surface area contributed by atoms with Crippen LogP contribution < -0.4 is 9.80 Å². The Bertz CT molecular complexity index is 3170. The lowest BCUT2D eigenvalue weighted by Gasteiger charge is -2.29. The van der Waals surface area contributed by atoms with Crippen LogP contribution in [0.25, 0.3) is 54.6 Å². The Morgan fingerprint density at radius 3 is 1.19 bits per heavy atom. The molecule has 0 aliphatic heterocycles. The second kappa shape index (κ2) is 15.5. The fraction of sp³-hybridized carbons (Fsp3) is 0.0508. The normalized spacial score (nSPS) is 12.5. The fourth-order valence-corrected chi connectivity index (χ4v) is 10.3. The molecule has 296 valence electrons. The van der Waals surface area contributed by atoms with Gasteiger partial charge in [-0.1, -0.05) is 159 Å². The minimum Gasteiger partial charge on any atom is -0.310 e. The molecule has 0 spiro atoms. The number of para-hydroxylation sites is 2. The average Bonchev–Trinajstić information content (AvgIpc) is 3.86. The number of rotatable bonds is 9. The van der Waals surface area contributed by atoms with Gasteiger partial charge in [0.15, 0.2) is 0 Å². The molecule has 0 saturated heterocycles. The van der Waals surface area contributed by atoms with Gasteiger partial charge in [0, 0.05) is 55.2 Å². The number of hydrogen-bond acceptors (Lipinski definition) is 3. The van der Waals surface area contributed by atoms with Crippen LogP contribution in [0.4, 0.5) is 34.1 Å². The molecule has 0 bridgehead atoms. The van der Waals surface area contributed by atoms with Gasteiger partial charge in [-0.05, 0) is 134 Å². The fourth-order valence-electron chi connectivity index (χ4n) is 9.32. The van der Waals surface area contributed by atoms with Crippen molar-refractivity contribution in [2.24, 2.45) is 0 Å². The third-order valence-corrected chi connectivity index (χ3v) is 13.5. The number of nitrogens with zero attached hydrogens (tertiary/aromatic N) is 2. The van der Waals surface area contributed by atoms with Gasteiger partial charge in [-0.15, -0.1) is 11.3 Å². The lowest BCUT2D eigenvalue weighted by Crippen LogP contribution is -2.17. The Morgan fingerprint density at radius 1 is 0.323 bits per heavy atom. The van der Waals surface area contributed by atoms with Crippen molar-refractivity contribution in [1.82, 2.24) is 0 Å². The number of thiophene rings is 1. The Morgan fingerprint density at radius 2 is 0.694 bits per heavy atom. The maximum Gasteiger partial charge on any atom is 0.0465 e. The van der Waals surface area contributed by atoms with Crippen LogP contribution in [0.2, 0.25) is 0 Å². The van der Waals surface area contributed by atoms with E-state index in [2.05, 4.69) is 253 Å². The highest BCUT2D eigenvalue weighted by atomic mass is 32.1. The molecule has 0 saturated carbocycles. The van der Waals surface area contributed by atoms with E-state index in [0.29, 0.717) is 0 Å². The van der Waals surface area contributed by atoms with Crippen LogP contribution in [-0.2, 0) is 5.41 Å². The molecular formula is C59H44N2S. The molecule has 1 aromatic heterocycles. The van der Waals surface area contributed by atoms with Gasteiger partial charge < -0.3 is 9.80 Å². The van der Waals surface area contributed by atoms with E-state index in [1.165, 1.54) is 65.7 Å². The minimum atomic E-state index is -0.235. The molecule has 0 atom stereocenters. The predicted octanol–water partition coefficient (Wildman–Crippen LogP) is 17.1. The molecule has 0 amide bonds. The van der Waals surface area contributed by atoms with E-state index in [0.717, 1.165) is 34.1 Å². The molecule has 0 fully saturated rings. The smallest absolute Gasteiger partial charge is 0.0465 e. The molecular weight excluding hydrogens is 769 g/mol. The average molecular weight is 813 g/mol. The van der Waals surface area contributed by atoms with E-state index < -0.39 is 0 Å². The summed E-state index contributed by atoms with van der Waals surface area (Å²) in [5.41, 5.74) is 19.2. The zero-order chi connectivity index (χ0) is 41.6. The van der Waals surface area contributed by atoms with Crippen LogP contribution in [0, 0.1) is 0 Å². The first-order chi connectivity index (χ1) is 30.5. The lowest BCUT2D eigenvalue weighted by molar-refractivity contribution is 0.660. The maximum absolute atomic E-state index is 2.42. The van der Waals surface area contributed by atoms with E-state index in [-0.39, 0.29) is 5.41 Å². The molecule has 62 heavy (non-hydrogen) atoms. The highest BCUT2D eigenvalue weighted by Gasteiger charge is 2.37. The molecule has 0 radical (unpaired) electrons. The van der Waals surface area contributed by atoms with Crippen molar-refractivity contribution in [1.29, 1.82) is 0 Å². The molecule has 0 N–H and O–H groups in total. The van der Waals surface area contributed by atoms with Gasteiger partial charge in [0.2, 0.25) is 0 Å². The summed E-state index contributed by atoms with van der Waals surface area (Å²) in [7, 11) is 0. The molecule has 3 heteroatoms. The summed E-state index contributed by atoms with van der Waals surface area (Å²) in [4.78, 5) is 4.77. The SMILES string of the molecule is CC1(C)c2cc(N(c3ccccc3)c3ccc(-c4ccc(-c5ccccc5)cc4)cc3)ccc2-c2ccc(N(c3ccccc3)c3ccc(-c4csc5ccccc45)cc3)cc21. The first-order valence-corrected chi connectivity index (χ1v) is 22.2. The van der Waals surface area contributed by atoms with Crippen LogP contribution in [0.15, 0.2) is 230 Å². The van der Waals surface area contributed by atoms with Gasteiger partial charge in [0.1, 0.15) is 0 Å². The van der Waals surface area contributed by atoms with E-state index in [4.69, 9.17) is 0 Å². The lowest BCUT2D eigenvalue weighted by atomic mass is 9.82. The molecule has 1 aliphatic rings. The van der Waals surface area contributed by atoms with Gasteiger partial charge in [-0.3, -0.25) is 0 Å².